The van der Waals surface area contributed by atoms with E-state index < -0.39 is 0 Å². The lowest BCUT2D eigenvalue weighted by Crippen LogP contribution is -2.26. The highest BCUT2D eigenvalue weighted by Gasteiger charge is 2.10. The van der Waals surface area contributed by atoms with E-state index in [0.717, 1.165) is 33.5 Å². The van der Waals surface area contributed by atoms with Crippen molar-refractivity contribution in [1.29, 1.82) is 0 Å². The number of carbonyl (C=O) groups is 1. The highest BCUT2D eigenvalue weighted by molar-refractivity contribution is 5.94. The van der Waals surface area contributed by atoms with Crippen molar-refractivity contribution in [2.45, 2.75) is 19.9 Å². The Kier molecular flexibility index (Phi) is 6.22. The Balaban J connectivity index is 1.31. The van der Waals surface area contributed by atoms with Crippen LogP contribution in [0, 0.1) is 6.92 Å². The quantitative estimate of drug-likeness (QED) is 0.380. The number of rotatable bonds is 7. The Bertz CT molecular complexity index is 1550. The Labute approximate surface area is 202 Å². The summed E-state index contributed by atoms with van der Waals surface area (Å²) in [4.78, 5) is 30.1. The first-order valence-electron chi connectivity index (χ1n) is 11.5. The number of nitrogens with zero attached hydrogens (tertiary/aromatic N) is 3. The summed E-state index contributed by atoms with van der Waals surface area (Å²) in [5.41, 5.74) is 5.34. The van der Waals surface area contributed by atoms with Crippen LogP contribution in [-0.2, 0) is 13.0 Å². The van der Waals surface area contributed by atoms with E-state index >= 15 is 0 Å². The maximum atomic E-state index is 13.2. The van der Waals surface area contributed by atoms with Crippen LogP contribution in [0.1, 0.15) is 27.3 Å². The second-order valence-electron chi connectivity index (χ2n) is 8.49. The second kappa shape index (κ2) is 9.77. The fourth-order valence-electron chi connectivity index (χ4n) is 4.18. The molecule has 0 saturated heterocycles. The zero-order chi connectivity index (χ0) is 24.2. The van der Waals surface area contributed by atoms with E-state index in [9.17, 15) is 9.59 Å². The maximum Gasteiger partial charge on any atom is 0.258 e. The van der Waals surface area contributed by atoms with Crippen molar-refractivity contribution >= 4 is 16.7 Å². The predicted molar refractivity (Wildman–Crippen MR) is 136 cm³/mol. The minimum atomic E-state index is -0.143. The summed E-state index contributed by atoms with van der Waals surface area (Å²) < 4.78 is 1.67. The average molecular weight is 464 g/mol. The molecule has 174 valence electrons. The van der Waals surface area contributed by atoms with Gasteiger partial charge in [-0.05, 0) is 65.9 Å². The summed E-state index contributed by atoms with van der Waals surface area (Å²) >= 11 is 0. The Morgan fingerprint density at radius 1 is 1.06 bits per heavy atom. The number of amides is 1. The molecule has 0 radical (unpaired) electrons. The van der Waals surface area contributed by atoms with E-state index in [-0.39, 0.29) is 11.5 Å². The van der Waals surface area contributed by atoms with Gasteiger partial charge >= 0.3 is 0 Å². The topological polar surface area (TPSA) is 92.7 Å². The summed E-state index contributed by atoms with van der Waals surface area (Å²) in [6.07, 6.45) is 6.01. The molecule has 0 aliphatic heterocycles. The van der Waals surface area contributed by atoms with E-state index in [0.29, 0.717) is 30.5 Å². The van der Waals surface area contributed by atoms with E-state index in [1.807, 2.05) is 67.6 Å². The molecule has 1 amide bonds. The molecule has 0 saturated carbocycles. The fourth-order valence-corrected chi connectivity index (χ4v) is 4.18. The normalized spacial score (nSPS) is 11.0. The van der Waals surface area contributed by atoms with Gasteiger partial charge in [0.1, 0.15) is 0 Å². The summed E-state index contributed by atoms with van der Waals surface area (Å²) in [7, 11) is 0. The number of hydrogen-bond donors (Lipinski definition) is 2. The summed E-state index contributed by atoms with van der Waals surface area (Å²) in [6, 6.07) is 20.9. The van der Waals surface area contributed by atoms with E-state index in [1.54, 1.807) is 29.2 Å². The van der Waals surface area contributed by atoms with Crippen molar-refractivity contribution in [2.24, 2.45) is 0 Å². The average Bonchev–Trinajstić information content (AvgIpc) is 3.32. The number of H-pyrrole nitrogens is 1. The molecular weight excluding hydrogens is 438 g/mol. The lowest BCUT2D eigenvalue weighted by atomic mass is 10.0. The third kappa shape index (κ3) is 4.89. The van der Waals surface area contributed by atoms with Crippen molar-refractivity contribution in [2.75, 3.05) is 6.54 Å². The molecule has 5 rings (SSSR count). The van der Waals surface area contributed by atoms with Gasteiger partial charge in [-0.2, -0.15) is 5.10 Å². The van der Waals surface area contributed by atoms with Gasteiger partial charge in [-0.15, -0.1) is 0 Å². The third-order valence-corrected chi connectivity index (χ3v) is 6.05. The molecule has 7 heteroatoms. The minimum absolute atomic E-state index is 0.0665. The van der Waals surface area contributed by atoms with Crippen LogP contribution in [-0.4, -0.2) is 32.2 Å². The standard InChI is InChI=1S/C28H25N5O2/c1-19-26(17-31-32-19)21-8-9-25-22(16-21)11-14-33(28(25)35)18-20-5-4-6-23(15-20)27(34)30-13-10-24-7-2-3-12-29-24/h2-9,11-12,14-17H,10,13,18H2,1H3,(H,30,34)(H,31,32). The van der Waals surface area contributed by atoms with Crippen molar-refractivity contribution in [3.63, 3.8) is 0 Å². The number of fused-ring (bicyclic) bond motifs is 1. The smallest absolute Gasteiger partial charge is 0.258 e. The largest absolute Gasteiger partial charge is 0.352 e. The first kappa shape index (κ1) is 22.3. The fraction of sp³-hybridized carbons (Fsp3) is 0.143. The molecule has 2 N–H and O–H groups in total. The Morgan fingerprint density at radius 3 is 2.77 bits per heavy atom. The number of carbonyl (C=O) groups excluding carboxylic acids is 1. The molecule has 3 aromatic heterocycles. The van der Waals surface area contributed by atoms with Gasteiger partial charge in [0.15, 0.2) is 0 Å². The lowest BCUT2D eigenvalue weighted by Gasteiger charge is -2.10. The molecule has 0 unspecified atom stereocenters. The molecule has 2 aromatic carbocycles. The van der Waals surface area contributed by atoms with Gasteiger partial charge in [-0.3, -0.25) is 19.7 Å². The number of pyridine rings is 2. The van der Waals surface area contributed by atoms with Gasteiger partial charge < -0.3 is 9.88 Å². The molecule has 0 bridgehead atoms. The van der Waals surface area contributed by atoms with Gasteiger partial charge in [0, 0.05) is 53.3 Å². The van der Waals surface area contributed by atoms with Crippen molar-refractivity contribution < 1.29 is 4.79 Å². The first-order chi connectivity index (χ1) is 17.1. The third-order valence-electron chi connectivity index (χ3n) is 6.05. The SMILES string of the molecule is Cc1[nH]ncc1-c1ccc2c(=O)n(Cc3cccc(C(=O)NCCc4ccccn4)c3)ccc2c1. The minimum Gasteiger partial charge on any atom is -0.352 e. The van der Waals surface area contributed by atoms with E-state index in [2.05, 4.69) is 20.5 Å². The maximum absolute atomic E-state index is 13.2. The molecule has 0 spiro atoms. The van der Waals surface area contributed by atoms with Gasteiger partial charge in [-0.25, -0.2) is 0 Å². The molecule has 35 heavy (non-hydrogen) atoms. The van der Waals surface area contributed by atoms with Gasteiger partial charge in [0.25, 0.3) is 11.5 Å². The number of hydrogen-bond acceptors (Lipinski definition) is 4. The molecular formula is C28H25N5O2. The van der Waals surface area contributed by atoms with E-state index in [4.69, 9.17) is 0 Å². The van der Waals surface area contributed by atoms with Crippen LogP contribution in [0.2, 0.25) is 0 Å². The second-order valence-corrected chi connectivity index (χ2v) is 8.49. The van der Waals surface area contributed by atoms with Crippen LogP contribution in [0.3, 0.4) is 0 Å². The van der Waals surface area contributed by atoms with Crippen molar-refractivity contribution in [1.82, 2.24) is 25.1 Å². The highest BCUT2D eigenvalue weighted by atomic mass is 16.1. The van der Waals surface area contributed by atoms with Crippen LogP contribution in [0.25, 0.3) is 21.9 Å². The summed E-state index contributed by atoms with van der Waals surface area (Å²) in [5, 5.41) is 11.5. The summed E-state index contributed by atoms with van der Waals surface area (Å²) in [5.74, 6) is -0.143. The van der Waals surface area contributed by atoms with Crippen LogP contribution in [0.5, 0.6) is 0 Å². The molecule has 0 aliphatic rings. The van der Waals surface area contributed by atoms with Crippen molar-refractivity contribution in [3.05, 3.63) is 118 Å². The van der Waals surface area contributed by atoms with E-state index in [1.165, 1.54) is 0 Å². The Morgan fingerprint density at radius 2 is 1.97 bits per heavy atom. The highest BCUT2D eigenvalue weighted by Crippen LogP contribution is 2.24. The molecule has 3 heterocycles. The predicted octanol–water partition coefficient (Wildman–Crippen LogP) is 4.12. The van der Waals surface area contributed by atoms with Crippen molar-refractivity contribution in [3.8, 4) is 11.1 Å². The molecule has 0 fully saturated rings. The molecule has 0 atom stereocenters. The number of aromatic nitrogens is 4. The van der Waals surface area contributed by atoms with Gasteiger partial charge in [0.2, 0.25) is 0 Å². The zero-order valence-electron chi connectivity index (χ0n) is 19.4. The lowest BCUT2D eigenvalue weighted by molar-refractivity contribution is 0.0954. The molecule has 7 nitrogen and oxygen atoms in total. The number of nitrogens with one attached hydrogen (secondary N) is 2. The number of aryl methyl sites for hydroxylation is 1. The van der Waals surface area contributed by atoms with Gasteiger partial charge in [-0.1, -0.05) is 24.3 Å². The molecule has 0 aliphatic carbocycles. The van der Waals surface area contributed by atoms with Gasteiger partial charge in [0.05, 0.1) is 12.7 Å². The number of benzene rings is 2. The summed E-state index contributed by atoms with van der Waals surface area (Å²) in [6.45, 7) is 2.86. The van der Waals surface area contributed by atoms with Crippen LogP contribution in [0.4, 0.5) is 0 Å². The molecule has 5 aromatic rings. The zero-order valence-corrected chi connectivity index (χ0v) is 19.4. The van der Waals surface area contributed by atoms with Crippen LogP contribution >= 0.6 is 0 Å². The Hall–Kier alpha value is -4.52. The monoisotopic (exact) mass is 463 g/mol. The van der Waals surface area contributed by atoms with Crippen LogP contribution in [0.15, 0.2) is 90.1 Å². The first-order valence-corrected chi connectivity index (χ1v) is 11.5. The van der Waals surface area contributed by atoms with Crippen LogP contribution < -0.4 is 10.9 Å². The number of aromatic amines is 1.